The van der Waals surface area contributed by atoms with Crippen LogP contribution in [-0.4, -0.2) is 17.4 Å². The van der Waals surface area contributed by atoms with Crippen molar-refractivity contribution in [2.24, 2.45) is 5.41 Å². The van der Waals surface area contributed by atoms with Crippen LogP contribution in [0.1, 0.15) is 36.5 Å². The van der Waals surface area contributed by atoms with E-state index in [0.717, 1.165) is 6.42 Å². The molecule has 1 aliphatic rings. The van der Waals surface area contributed by atoms with E-state index in [-0.39, 0.29) is 16.9 Å². The van der Waals surface area contributed by atoms with E-state index >= 15 is 0 Å². The number of hydrogen-bond acceptors (Lipinski definition) is 2. The maximum Gasteiger partial charge on any atom is 0.256 e. The summed E-state index contributed by atoms with van der Waals surface area (Å²) in [7, 11) is 0. The Bertz CT molecular complexity index is 446. The minimum absolute atomic E-state index is 0.189. The summed E-state index contributed by atoms with van der Waals surface area (Å²) in [6.45, 7) is 2.81. The van der Waals surface area contributed by atoms with Gasteiger partial charge in [-0.05, 0) is 24.7 Å². The second-order valence-electron chi connectivity index (χ2n) is 4.46. The van der Waals surface area contributed by atoms with Gasteiger partial charge in [0.15, 0.2) is 5.43 Å². The topological polar surface area (TPSA) is 62.0 Å². The molecule has 1 saturated carbocycles. The number of H-pyrrole nitrogens is 1. The summed E-state index contributed by atoms with van der Waals surface area (Å²) in [6.07, 6.45) is 6.40. The van der Waals surface area contributed by atoms with Crippen LogP contribution in [-0.2, 0) is 0 Å². The summed E-state index contributed by atoms with van der Waals surface area (Å²) < 4.78 is 0. The van der Waals surface area contributed by atoms with Crippen molar-refractivity contribution in [2.45, 2.75) is 26.2 Å². The molecule has 0 atom stereocenters. The Kier molecular flexibility index (Phi) is 2.81. The lowest BCUT2D eigenvalue weighted by Crippen LogP contribution is -2.33. The lowest BCUT2D eigenvalue weighted by atomic mass is 10.0. The van der Waals surface area contributed by atoms with Gasteiger partial charge in [0.05, 0.1) is 0 Å². The molecule has 0 aliphatic heterocycles. The van der Waals surface area contributed by atoms with Gasteiger partial charge in [-0.3, -0.25) is 9.59 Å². The molecule has 1 aromatic rings. The second-order valence-corrected chi connectivity index (χ2v) is 4.46. The van der Waals surface area contributed by atoms with Crippen molar-refractivity contribution in [1.29, 1.82) is 0 Å². The molecule has 0 saturated heterocycles. The van der Waals surface area contributed by atoms with Crippen molar-refractivity contribution >= 4 is 5.91 Å². The average molecular weight is 220 g/mol. The van der Waals surface area contributed by atoms with Gasteiger partial charge < -0.3 is 10.3 Å². The maximum absolute atomic E-state index is 11.7. The van der Waals surface area contributed by atoms with Crippen molar-refractivity contribution in [1.82, 2.24) is 10.3 Å². The average Bonchev–Trinajstić information content (AvgIpc) is 3.07. The smallest absolute Gasteiger partial charge is 0.256 e. The first kappa shape index (κ1) is 10.9. The number of amides is 1. The highest BCUT2D eigenvalue weighted by atomic mass is 16.2. The molecule has 0 aromatic carbocycles. The zero-order valence-corrected chi connectivity index (χ0v) is 9.38. The normalized spacial score (nSPS) is 16.8. The fourth-order valence-corrected chi connectivity index (χ4v) is 1.79. The van der Waals surface area contributed by atoms with Gasteiger partial charge >= 0.3 is 0 Å². The van der Waals surface area contributed by atoms with Crippen LogP contribution in [0.5, 0.6) is 0 Å². The molecule has 0 radical (unpaired) electrons. The molecule has 0 unspecified atom stereocenters. The molecule has 1 heterocycles. The Labute approximate surface area is 94.1 Å². The first-order valence-corrected chi connectivity index (χ1v) is 5.62. The highest BCUT2D eigenvalue weighted by molar-refractivity contribution is 5.93. The number of carbonyl (C=O) groups excluding carboxylic acids is 1. The SMILES string of the molecule is CCC1(CNC(=O)c2c[nH]ccc2=O)CC1. The fourth-order valence-electron chi connectivity index (χ4n) is 1.79. The number of pyridine rings is 1. The Hall–Kier alpha value is -1.58. The van der Waals surface area contributed by atoms with Crippen molar-refractivity contribution in [3.63, 3.8) is 0 Å². The summed E-state index contributed by atoms with van der Waals surface area (Å²) in [5, 5.41) is 2.83. The van der Waals surface area contributed by atoms with Crippen molar-refractivity contribution < 1.29 is 4.79 Å². The molecular formula is C12H16N2O2. The molecule has 2 rings (SSSR count). The number of aromatic nitrogens is 1. The van der Waals surface area contributed by atoms with Gasteiger partial charge in [-0.15, -0.1) is 0 Å². The largest absolute Gasteiger partial charge is 0.367 e. The fraction of sp³-hybridized carbons (Fsp3) is 0.500. The van der Waals surface area contributed by atoms with Gasteiger partial charge in [-0.25, -0.2) is 0 Å². The third-order valence-electron chi connectivity index (χ3n) is 3.40. The highest BCUT2D eigenvalue weighted by Gasteiger charge is 2.40. The van der Waals surface area contributed by atoms with E-state index in [1.54, 1.807) is 0 Å². The molecule has 1 amide bonds. The zero-order valence-electron chi connectivity index (χ0n) is 9.38. The first-order valence-electron chi connectivity index (χ1n) is 5.62. The van der Waals surface area contributed by atoms with Crippen LogP contribution in [0.15, 0.2) is 23.3 Å². The van der Waals surface area contributed by atoms with Crippen LogP contribution in [0.25, 0.3) is 0 Å². The Morgan fingerprint density at radius 3 is 2.88 bits per heavy atom. The van der Waals surface area contributed by atoms with Gasteiger partial charge in [0.1, 0.15) is 5.56 Å². The lowest BCUT2D eigenvalue weighted by molar-refractivity contribution is 0.0943. The predicted molar refractivity (Wildman–Crippen MR) is 61.4 cm³/mol. The van der Waals surface area contributed by atoms with E-state index < -0.39 is 0 Å². The Balaban J connectivity index is 1.99. The predicted octanol–water partition coefficient (Wildman–Crippen LogP) is 1.29. The summed E-state index contributed by atoms with van der Waals surface area (Å²) >= 11 is 0. The molecule has 4 nitrogen and oxygen atoms in total. The number of nitrogens with one attached hydrogen (secondary N) is 2. The van der Waals surface area contributed by atoms with E-state index in [2.05, 4.69) is 17.2 Å². The number of hydrogen-bond donors (Lipinski definition) is 2. The molecule has 1 aliphatic carbocycles. The highest BCUT2D eigenvalue weighted by Crippen LogP contribution is 2.47. The second kappa shape index (κ2) is 4.12. The van der Waals surface area contributed by atoms with Crippen LogP contribution < -0.4 is 10.7 Å². The third-order valence-corrected chi connectivity index (χ3v) is 3.40. The molecule has 4 heteroatoms. The third kappa shape index (κ3) is 2.15. The van der Waals surface area contributed by atoms with E-state index in [0.29, 0.717) is 12.0 Å². The molecular weight excluding hydrogens is 204 g/mol. The first-order chi connectivity index (χ1) is 7.67. The number of rotatable bonds is 4. The molecule has 0 spiro atoms. The summed E-state index contributed by atoms with van der Waals surface area (Å²) in [6, 6.07) is 1.36. The molecule has 16 heavy (non-hydrogen) atoms. The van der Waals surface area contributed by atoms with Crippen molar-refractivity contribution in [3.8, 4) is 0 Å². The lowest BCUT2D eigenvalue weighted by Gasteiger charge is -2.12. The van der Waals surface area contributed by atoms with Crippen molar-refractivity contribution in [2.75, 3.05) is 6.54 Å². The van der Waals surface area contributed by atoms with Gasteiger partial charge in [-0.2, -0.15) is 0 Å². The minimum Gasteiger partial charge on any atom is -0.367 e. The zero-order chi connectivity index (χ0) is 11.6. The van der Waals surface area contributed by atoms with E-state index in [1.165, 1.54) is 31.3 Å². The van der Waals surface area contributed by atoms with Crippen LogP contribution >= 0.6 is 0 Å². The number of carbonyl (C=O) groups is 1. The van der Waals surface area contributed by atoms with Crippen LogP contribution in [0, 0.1) is 5.41 Å². The maximum atomic E-state index is 11.7. The molecule has 1 aromatic heterocycles. The molecule has 1 fully saturated rings. The monoisotopic (exact) mass is 220 g/mol. The van der Waals surface area contributed by atoms with E-state index in [9.17, 15) is 9.59 Å². The quantitative estimate of drug-likeness (QED) is 0.803. The molecule has 0 bridgehead atoms. The molecule has 2 N–H and O–H groups in total. The minimum atomic E-state index is -0.276. The van der Waals surface area contributed by atoms with Gasteiger partial charge in [0, 0.05) is 25.0 Å². The summed E-state index contributed by atoms with van der Waals surface area (Å²) in [5.74, 6) is -0.276. The van der Waals surface area contributed by atoms with Gasteiger partial charge in [0.25, 0.3) is 5.91 Å². The standard InChI is InChI=1S/C12H16N2O2/c1-2-12(4-5-12)8-14-11(16)9-7-13-6-3-10(9)15/h3,6-7H,2,4-5,8H2,1H3,(H,13,15)(H,14,16). The number of aromatic amines is 1. The summed E-state index contributed by atoms with van der Waals surface area (Å²) in [5.41, 5.74) is 0.254. The van der Waals surface area contributed by atoms with Crippen LogP contribution in [0.2, 0.25) is 0 Å². The molecule has 86 valence electrons. The Morgan fingerprint density at radius 1 is 1.56 bits per heavy atom. The van der Waals surface area contributed by atoms with Crippen LogP contribution in [0.3, 0.4) is 0 Å². The van der Waals surface area contributed by atoms with Crippen LogP contribution in [0.4, 0.5) is 0 Å². The van der Waals surface area contributed by atoms with Gasteiger partial charge in [-0.1, -0.05) is 6.92 Å². The van der Waals surface area contributed by atoms with Crippen molar-refractivity contribution in [3.05, 3.63) is 34.2 Å². The van der Waals surface area contributed by atoms with E-state index in [1.807, 2.05) is 0 Å². The summed E-state index contributed by atoms with van der Waals surface area (Å²) in [4.78, 5) is 25.9. The van der Waals surface area contributed by atoms with Gasteiger partial charge in [0.2, 0.25) is 0 Å². The van der Waals surface area contributed by atoms with E-state index in [4.69, 9.17) is 0 Å². The Morgan fingerprint density at radius 2 is 2.31 bits per heavy atom.